The van der Waals surface area contributed by atoms with Gasteiger partial charge in [0.2, 0.25) is 0 Å². The number of hydrogen-bond acceptors (Lipinski definition) is 5. The summed E-state index contributed by atoms with van der Waals surface area (Å²) in [5, 5.41) is 13.4. The zero-order chi connectivity index (χ0) is 22.1. The second-order valence-corrected chi connectivity index (χ2v) is 8.88. The summed E-state index contributed by atoms with van der Waals surface area (Å²) in [7, 11) is 0. The number of benzene rings is 1. The monoisotopic (exact) mass is 505 g/mol. The molecule has 4 atom stereocenters. The van der Waals surface area contributed by atoms with Gasteiger partial charge in [0, 0.05) is 35.2 Å². The summed E-state index contributed by atoms with van der Waals surface area (Å²) in [6.45, 7) is 4.33. The van der Waals surface area contributed by atoms with E-state index in [1.54, 1.807) is 12.3 Å². The molecule has 9 heteroatoms. The highest BCUT2D eigenvalue weighted by atomic mass is 79.9. The van der Waals surface area contributed by atoms with Crippen molar-refractivity contribution in [1.29, 1.82) is 0 Å². The first-order valence-electron chi connectivity index (χ1n) is 9.69. The molecule has 0 aliphatic heterocycles. The third-order valence-electron chi connectivity index (χ3n) is 5.39. The van der Waals surface area contributed by atoms with E-state index in [0.717, 1.165) is 10.0 Å². The third kappa shape index (κ3) is 4.66. The molecular weight excluding hydrogens is 487 g/mol. The minimum Gasteiger partial charge on any atom is -0.390 e. The molecule has 3 aromatic rings. The molecule has 6 nitrogen and oxygen atoms in total. The Labute approximate surface area is 192 Å². The quantitative estimate of drug-likeness (QED) is 0.487. The molecule has 4 rings (SSSR count). The number of anilines is 1. The highest BCUT2D eigenvalue weighted by molar-refractivity contribution is 9.10. The average molecular weight is 507 g/mol. The van der Waals surface area contributed by atoms with Crippen LogP contribution in [-0.4, -0.2) is 43.7 Å². The molecule has 1 saturated carbocycles. The van der Waals surface area contributed by atoms with E-state index in [4.69, 9.17) is 11.6 Å². The Hall–Kier alpha value is -2.29. The van der Waals surface area contributed by atoms with E-state index in [2.05, 4.69) is 38.1 Å². The number of carbonyl (C=O) groups excluding carboxylic acids is 1. The molecule has 1 aliphatic rings. The normalized spacial score (nSPS) is 23.1. The van der Waals surface area contributed by atoms with E-state index in [0.29, 0.717) is 23.6 Å². The van der Waals surface area contributed by atoms with E-state index in [-0.39, 0.29) is 17.2 Å². The highest BCUT2D eigenvalue weighted by Gasteiger charge is 2.41. The van der Waals surface area contributed by atoms with Crippen molar-refractivity contribution in [2.75, 3.05) is 5.32 Å². The predicted molar refractivity (Wildman–Crippen MR) is 120 cm³/mol. The van der Waals surface area contributed by atoms with Crippen LogP contribution < -0.4 is 5.32 Å². The maximum absolute atomic E-state index is 14.3. The number of halogens is 3. The van der Waals surface area contributed by atoms with E-state index in [9.17, 15) is 14.3 Å². The lowest BCUT2D eigenvalue weighted by Gasteiger charge is -2.18. The summed E-state index contributed by atoms with van der Waals surface area (Å²) in [5.41, 5.74) is 1.72. The lowest BCUT2D eigenvalue weighted by molar-refractivity contribution is 0.0793. The van der Waals surface area contributed by atoms with Gasteiger partial charge in [-0.2, -0.15) is 0 Å². The van der Waals surface area contributed by atoms with Gasteiger partial charge in [0.15, 0.2) is 5.78 Å². The molecule has 0 spiro atoms. The summed E-state index contributed by atoms with van der Waals surface area (Å²) in [6, 6.07) is 6.70. The SMILES string of the molecule is [CH2][C@@H]1C[C@@H](Nc2ncncc2C(=O)c2ccn(Cc3ccc(Cl)c(Br)c3)c2)[C@@H](F)[C@@H]1O. The standard InChI is InChI=1S/C22H20BrClFN4O2/c1-12-6-18(19(25)20(12)30)28-22-15(8-26-11-27-22)21(31)14-4-5-29(10-14)9-13-2-3-17(24)16(23)7-13/h2-5,7-8,10-12,18-20,30H,1,6,9H2,(H,26,27,28)/t12-,18-,19-,20-/m1/s1. The molecule has 1 aliphatic carbocycles. The van der Waals surface area contributed by atoms with Gasteiger partial charge in [-0.3, -0.25) is 4.79 Å². The molecule has 2 aromatic heterocycles. The fraction of sp³-hybridized carbons (Fsp3) is 0.273. The summed E-state index contributed by atoms with van der Waals surface area (Å²) in [6.07, 6.45) is 3.97. The van der Waals surface area contributed by atoms with Crippen molar-refractivity contribution < 1.29 is 14.3 Å². The Balaban J connectivity index is 1.52. The van der Waals surface area contributed by atoms with Crippen LogP contribution in [0, 0.1) is 12.8 Å². The van der Waals surface area contributed by atoms with Gasteiger partial charge in [0.1, 0.15) is 18.3 Å². The topological polar surface area (TPSA) is 80.0 Å². The molecular formula is C22H20BrClFN4O2. The lowest BCUT2D eigenvalue weighted by atomic mass is 10.1. The molecule has 31 heavy (non-hydrogen) atoms. The fourth-order valence-electron chi connectivity index (χ4n) is 3.70. The van der Waals surface area contributed by atoms with E-state index in [1.807, 2.05) is 29.0 Å². The summed E-state index contributed by atoms with van der Waals surface area (Å²) < 4.78 is 17.0. The van der Waals surface area contributed by atoms with Gasteiger partial charge in [-0.1, -0.05) is 17.7 Å². The molecule has 1 fully saturated rings. The van der Waals surface area contributed by atoms with Gasteiger partial charge in [0.25, 0.3) is 0 Å². The van der Waals surface area contributed by atoms with Gasteiger partial charge in [-0.25, -0.2) is 14.4 Å². The zero-order valence-corrected chi connectivity index (χ0v) is 18.7. The van der Waals surface area contributed by atoms with Crippen molar-refractivity contribution in [3.8, 4) is 0 Å². The molecule has 0 unspecified atom stereocenters. The van der Waals surface area contributed by atoms with E-state index >= 15 is 0 Å². The summed E-state index contributed by atoms with van der Waals surface area (Å²) in [5.74, 6) is -0.460. The number of ketones is 1. The van der Waals surface area contributed by atoms with Crippen molar-refractivity contribution in [2.24, 2.45) is 5.92 Å². The molecule has 2 heterocycles. The third-order valence-corrected chi connectivity index (χ3v) is 6.61. The van der Waals surface area contributed by atoms with Gasteiger partial charge in [-0.05, 0) is 59.0 Å². The smallest absolute Gasteiger partial charge is 0.199 e. The second kappa shape index (κ2) is 9.06. The van der Waals surface area contributed by atoms with Crippen molar-refractivity contribution in [1.82, 2.24) is 14.5 Å². The number of rotatable bonds is 6. The molecule has 2 N–H and O–H groups in total. The number of aromatic nitrogens is 3. The Morgan fingerprint density at radius 1 is 1.42 bits per heavy atom. The number of nitrogens with one attached hydrogen (secondary N) is 1. The number of alkyl halides is 1. The molecule has 0 saturated heterocycles. The molecule has 1 aromatic carbocycles. The molecule has 0 bridgehead atoms. The largest absolute Gasteiger partial charge is 0.390 e. The van der Waals surface area contributed by atoms with Gasteiger partial charge in [-0.15, -0.1) is 0 Å². The number of carbonyl (C=O) groups is 1. The fourth-order valence-corrected chi connectivity index (χ4v) is 4.24. The van der Waals surface area contributed by atoms with E-state index < -0.39 is 24.2 Å². The minimum atomic E-state index is -1.49. The molecule has 161 valence electrons. The van der Waals surface area contributed by atoms with Crippen LogP contribution in [-0.2, 0) is 6.54 Å². The van der Waals surface area contributed by atoms with Gasteiger partial charge in [0.05, 0.1) is 22.7 Å². The minimum absolute atomic E-state index is 0.239. The first kappa shape index (κ1) is 21.9. The van der Waals surface area contributed by atoms with Crippen LogP contribution in [0.25, 0.3) is 0 Å². The van der Waals surface area contributed by atoms with Crippen molar-refractivity contribution in [3.63, 3.8) is 0 Å². The van der Waals surface area contributed by atoms with Crippen LogP contribution >= 0.6 is 27.5 Å². The lowest BCUT2D eigenvalue weighted by Crippen LogP contribution is -2.32. The number of aliphatic hydroxyl groups excluding tert-OH is 1. The zero-order valence-electron chi connectivity index (χ0n) is 16.4. The molecule has 1 radical (unpaired) electrons. The Morgan fingerprint density at radius 3 is 2.94 bits per heavy atom. The second-order valence-electron chi connectivity index (χ2n) is 7.62. The maximum atomic E-state index is 14.3. The van der Waals surface area contributed by atoms with Crippen LogP contribution in [0.3, 0.4) is 0 Å². The predicted octanol–water partition coefficient (Wildman–Crippen LogP) is 4.31. The van der Waals surface area contributed by atoms with Crippen molar-refractivity contribution in [2.45, 2.75) is 31.3 Å². The van der Waals surface area contributed by atoms with Gasteiger partial charge >= 0.3 is 0 Å². The Morgan fingerprint density at radius 2 is 2.23 bits per heavy atom. The van der Waals surface area contributed by atoms with Crippen LogP contribution in [0.1, 0.15) is 27.9 Å². The Bertz CT molecular complexity index is 1110. The number of hydrogen-bond donors (Lipinski definition) is 2. The first-order valence-corrected chi connectivity index (χ1v) is 10.9. The number of nitrogens with zero attached hydrogens (tertiary/aromatic N) is 3. The summed E-state index contributed by atoms with van der Waals surface area (Å²) >= 11 is 9.45. The van der Waals surface area contributed by atoms with Crippen LogP contribution in [0.5, 0.6) is 0 Å². The van der Waals surface area contributed by atoms with Crippen LogP contribution in [0.2, 0.25) is 5.02 Å². The van der Waals surface area contributed by atoms with E-state index in [1.165, 1.54) is 12.5 Å². The molecule has 0 amide bonds. The highest BCUT2D eigenvalue weighted by Crippen LogP contribution is 2.31. The first-order chi connectivity index (χ1) is 14.8. The van der Waals surface area contributed by atoms with Crippen molar-refractivity contribution in [3.05, 3.63) is 82.3 Å². The Kier molecular flexibility index (Phi) is 6.41. The number of aliphatic hydroxyl groups is 1. The maximum Gasteiger partial charge on any atom is 0.199 e. The van der Waals surface area contributed by atoms with Gasteiger partial charge < -0.3 is 15.0 Å². The summed E-state index contributed by atoms with van der Waals surface area (Å²) in [4.78, 5) is 21.2. The van der Waals surface area contributed by atoms with Crippen molar-refractivity contribution >= 4 is 39.1 Å². The van der Waals surface area contributed by atoms with Crippen LogP contribution in [0.4, 0.5) is 10.2 Å². The average Bonchev–Trinajstić information content (AvgIpc) is 3.31. The van der Waals surface area contributed by atoms with Crippen LogP contribution in [0.15, 0.2) is 53.7 Å².